The maximum absolute atomic E-state index is 5.85. The molecule has 1 aliphatic heterocycles. The normalized spacial score (nSPS) is 18.0. The van der Waals surface area contributed by atoms with Crippen molar-refractivity contribution in [2.45, 2.75) is 26.5 Å². The van der Waals surface area contributed by atoms with Crippen LogP contribution in [0.2, 0.25) is 0 Å². The standard InChI is InChI=1S/C20H27N3O/c1-15(2)20-14-23(11-12-24-20)19-9-7-18(8-10-19)22-13-16-3-5-17(21)6-4-16/h3-10,15,20,22H,11-14,21H2,1-2H3/t20-/m0/s1. The van der Waals surface area contributed by atoms with Crippen LogP contribution in [0.1, 0.15) is 19.4 Å². The average molecular weight is 325 g/mol. The molecule has 0 saturated carbocycles. The third-order valence-electron chi connectivity index (χ3n) is 4.55. The van der Waals surface area contributed by atoms with Crippen molar-refractivity contribution in [3.63, 3.8) is 0 Å². The van der Waals surface area contributed by atoms with Crippen LogP contribution in [0.3, 0.4) is 0 Å². The van der Waals surface area contributed by atoms with Gasteiger partial charge in [-0.1, -0.05) is 26.0 Å². The van der Waals surface area contributed by atoms with Gasteiger partial charge in [0, 0.05) is 36.7 Å². The molecule has 1 fully saturated rings. The summed E-state index contributed by atoms with van der Waals surface area (Å²) in [6.07, 6.45) is 0.321. The lowest BCUT2D eigenvalue weighted by Crippen LogP contribution is -2.44. The van der Waals surface area contributed by atoms with Crippen molar-refractivity contribution in [1.82, 2.24) is 0 Å². The van der Waals surface area contributed by atoms with Crippen molar-refractivity contribution in [1.29, 1.82) is 0 Å². The zero-order chi connectivity index (χ0) is 16.9. The highest BCUT2D eigenvalue weighted by atomic mass is 16.5. The zero-order valence-electron chi connectivity index (χ0n) is 14.5. The second kappa shape index (κ2) is 7.58. The summed E-state index contributed by atoms with van der Waals surface area (Å²) in [4.78, 5) is 2.41. The molecule has 3 N–H and O–H groups in total. The van der Waals surface area contributed by atoms with E-state index in [4.69, 9.17) is 10.5 Å². The molecule has 2 aromatic rings. The molecule has 2 aromatic carbocycles. The van der Waals surface area contributed by atoms with Crippen molar-refractivity contribution < 1.29 is 4.74 Å². The van der Waals surface area contributed by atoms with Gasteiger partial charge in [0.1, 0.15) is 0 Å². The SMILES string of the molecule is CC(C)[C@@H]1CN(c2ccc(NCc3ccc(N)cc3)cc2)CCO1. The lowest BCUT2D eigenvalue weighted by molar-refractivity contribution is 0.0114. The molecule has 1 heterocycles. The quantitative estimate of drug-likeness (QED) is 0.822. The maximum Gasteiger partial charge on any atom is 0.0773 e. The van der Waals surface area contributed by atoms with E-state index in [9.17, 15) is 0 Å². The number of hydrogen-bond acceptors (Lipinski definition) is 4. The van der Waals surface area contributed by atoms with Gasteiger partial charge in [-0.2, -0.15) is 0 Å². The molecule has 0 aromatic heterocycles. The van der Waals surface area contributed by atoms with Gasteiger partial charge in [-0.25, -0.2) is 0 Å². The number of ether oxygens (including phenoxy) is 1. The number of nitrogen functional groups attached to an aromatic ring is 1. The fourth-order valence-corrected chi connectivity index (χ4v) is 2.94. The van der Waals surface area contributed by atoms with Gasteiger partial charge in [0.2, 0.25) is 0 Å². The third kappa shape index (κ3) is 4.20. The van der Waals surface area contributed by atoms with Crippen LogP contribution in [0.4, 0.5) is 17.1 Å². The van der Waals surface area contributed by atoms with Gasteiger partial charge in [0.05, 0.1) is 12.7 Å². The summed E-state index contributed by atoms with van der Waals surface area (Å²) in [5.74, 6) is 0.550. The summed E-state index contributed by atoms with van der Waals surface area (Å²) >= 11 is 0. The molecule has 128 valence electrons. The van der Waals surface area contributed by atoms with Crippen LogP contribution in [0.25, 0.3) is 0 Å². The molecular formula is C20H27N3O. The van der Waals surface area contributed by atoms with Gasteiger partial charge in [-0.15, -0.1) is 0 Å². The molecule has 3 rings (SSSR count). The van der Waals surface area contributed by atoms with Crippen LogP contribution in [-0.4, -0.2) is 25.8 Å². The Morgan fingerprint density at radius 1 is 1.12 bits per heavy atom. The van der Waals surface area contributed by atoms with Crippen molar-refractivity contribution >= 4 is 17.1 Å². The molecule has 24 heavy (non-hydrogen) atoms. The Kier molecular flexibility index (Phi) is 5.26. The third-order valence-corrected chi connectivity index (χ3v) is 4.55. The van der Waals surface area contributed by atoms with Gasteiger partial charge in [-0.3, -0.25) is 0 Å². The van der Waals surface area contributed by atoms with Gasteiger partial charge in [0.25, 0.3) is 0 Å². The minimum Gasteiger partial charge on any atom is -0.399 e. The first-order valence-electron chi connectivity index (χ1n) is 8.67. The summed E-state index contributed by atoms with van der Waals surface area (Å²) in [6, 6.07) is 16.6. The Morgan fingerprint density at radius 3 is 2.50 bits per heavy atom. The Hall–Kier alpha value is -2.20. The summed E-state index contributed by atoms with van der Waals surface area (Å²) in [7, 11) is 0. The summed E-state index contributed by atoms with van der Waals surface area (Å²) in [5, 5.41) is 3.45. The smallest absolute Gasteiger partial charge is 0.0773 e. The average Bonchev–Trinajstić information content (AvgIpc) is 2.62. The predicted octanol–water partition coefficient (Wildman–Crippen LogP) is 3.74. The summed E-state index contributed by atoms with van der Waals surface area (Å²) in [5.41, 5.74) is 10.1. The highest BCUT2D eigenvalue weighted by Gasteiger charge is 2.23. The van der Waals surface area contributed by atoms with E-state index in [1.54, 1.807) is 0 Å². The number of hydrogen-bond donors (Lipinski definition) is 2. The van der Waals surface area contributed by atoms with E-state index >= 15 is 0 Å². The van der Waals surface area contributed by atoms with Crippen LogP contribution >= 0.6 is 0 Å². The van der Waals surface area contributed by atoms with Gasteiger partial charge in [-0.05, 0) is 47.9 Å². The van der Waals surface area contributed by atoms with Crippen LogP contribution in [0, 0.1) is 5.92 Å². The predicted molar refractivity (Wildman–Crippen MR) is 101 cm³/mol. The fourth-order valence-electron chi connectivity index (χ4n) is 2.94. The van der Waals surface area contributed by atoms with Crippen LogP contribution in [-0.2, 0) is 11.3 Å². The highest BCUT2D eigenvalue weighted by molar-refractivity contribution is 5.55. The highest BCUT2D eigenvalue weighted by Crippen LogP contribution is 2.23. The van der Waals surface area contributed by atoms with Gasteiger partial charge in [0.15, 0.2) is 0 Å². The second-order valence-electron chi connectivity index (χ2n) is 6.74. The van der Waals surface area contributed by atoms with E-state index in [-0.39, 0.29) is 0 Å². The first-order chi connectivity index (χ1) is 11.6. The lowest BCUT2D eigenvalue weighted by atomic mass is 10.1. The molecule has 0 amide bonds. The Labute approximate surface area is 144 Å². The Balaban J connectivity index is 1.57. The molecule has 1 atom stereocenters. The fraction of sp³-hybridized carbons (Fsp3) is 0.400. The summed E-state index contributed by atoms with van der Waals surface area (Å²) in [6.45, 7) is 7.97. The molecule has 4 heteroatoms. The first kappa shape index (κ1) is 16.7. The lowest BCUT2D eigenvalue weighted by Gasteiger charge is -2.36. The van der Waals surface area contributed by atoms with E-state index in [2.05, 4.69) is 60.5 Å². The van der Waals surface area contributed by atoms with Crippen molar-refractivity contribution in [3.05, 3.63) is 54.1 Å². The van der Waals surface area contributed by atoms with E-state index in [0.717, 1.165) is 37.6 Å². The molecule has 0 unspecified atom stereocenters. The Bertz CT molecular complexity index is 637. The van der Waals surface area contributed by atoms with E-state index in [1.807, 2.05) is 12.1 Å². The number of nitrogens with zero attached hydrogens (tertiary/aromatic N) is 1. The zero-order valence-corrected chi connectivity index (χ0v) is 14.5. The number of nitrogens with one attached hydrogen (secondary N) is 1. The minimum atomic E-state index is 0.321. The Morgan fingerprint density at radius 2 is 1.83 bits per heavy atom. The molecule has 0 spiro atoms. The molecule has 4 nitrogen and oxygen atoms in total. The van der Waals surface area contributed by atoms with E-state index in [0.29, 0.717) is 12.0 Å². The van der Waals surface area contributed by atoms with Crippen molar-refractivity contribution in [2.24, 2.45) is 5.92 Å². The number of benzene rings is 2. The molecule has 1 aliphatic rings. The molecule has 0 aliphatic carbocycles. The minimum absolute atomic E-state index is 0.321. The molecule has 0 bridgehead atoms. The van der Waals surface area contributed by atoms with Crippen molar-refractivity contribution in [3.8, 4) is 0 Å². The van der Waals surface area contributed by atoms with E-state index in [1.165, 1.54) is 11.3 Å². The van der Waals surface area contributed by atoms with Gasteiger partial charge < -0.3 is 20.7 Å². The van der Waals surface area contributed by atoms with Crippen LogP contribution in [0.15, 0.2) is 48.5 Å². The topological polar surface area (TPSA) is 50.5 Å². The largest absolute Gasteiger partial charge is 0.399 e. The van der Waals surface area contributed by atoms with E-state index < -0.39 is 0 Å². The summed E-state index contributed by atoms with van der Waals surface area (Å²) < 4.78 is 5.85. The number of anilines is 3. The van der Waals surface area contributed by atoms with Crippen LogP contribution in [0.5, 0.6) is 0 Å². The number of morpholine rings is 1. The molecule has 1 saturated heterocycles. The number of nitrogens with two attached hydrogens (primary N) is 1. The molecule has 0 radical (unpaired) electrons. The molecular weight excluding hydrogens is 298 g/mol. The van der Waals surface area contributed by atoms with Gasteiger partial charge >= 0.3 is 0 Å². The maximum atomic E-state index is 5.85. The first-order valence-corrected chi connectivity index (χ1v) is 8.67. The van der Waals surface area contributed by atoms with Crippen molar-refractivity contribution in [2.75, 3.05) is 35.6 Å². The second-order valence-corrected chi connectivity index (χ2v) is 6.74. The number of rotatable bonds is 5. The monoisotopic (exact) mass is 325 g/mol. The van der Waals surface area contributed by atoms with Crippen LogP contribution < -0.4 is 16.0 Å².